The lowest BCUT2D eigenvalue weighted by atomic mass is 10.1. The van der Waals surface area contributed by atoms with Crippen LogP contribution >= 0.6 is 0 Å². The molecule has 0 heterocycles. The average molecular weight is 128 g/mol. The Hall–Kier alpha value is -0.590. The Morgan fingerprint density at radius 3 is 2.89 bits per heavy atom. The third-order valence-corrected chi connectivity index (χ3v) is 1.10. The van der Waals surface area contributed by atoms with Crippen LogP contribution in [0.15, 0.2) is 6.08 Å². The van der Waals surface area contributed by atoms with Gasteiger partial charge in [0.1, 0.15) is 5.94 Å². The zero-order chi connectivity index (χ0) is 7.11. The maximum Gasteiger partial charge on any atom is 0.120 e. The van der Waals surface area contributed by atoms with Crippen molar-refractivity contribution in [2.24, 2.45) is 0 Å². The second kappa shape index (κ2) is 5.54. The molecule has 0 rings (SSSR count). The standard InChI is InChI=1S/C7H12O2/c1-2-4-7(9)5-3-6-8/h3,7,9H,2,4-5H2,1H3. The third kappa shape index (κ3) is 5.28. The second-order valence-corrected chi connectivity index (χ2v) is 2.00. The summed E-state index contributed by atoms with van der Waals surface area (Å²) < 4.78 is 0. The lowest BCUT2D eigenvalue weighted by Crippen LogP contribution is -2.02. The average Bonchev–Trinajstić information content (AvgIpc) is 1.85. The van der Waals surface area contributed by atoms with Gasteiger partial charge in [-0.05, 0) is 6.42 Å². The lowest BCUT2D eigenvalue weighted by molar-refractivity contribution is 0.167. The molecule has 0 aromatic heterocycles. The Kier molecular flexibility index (Phi) is 5.18. The summed E-state index contributed by atoms with van der Waals surface area (Å²) in [6, 6.07) is 0. The highest BCUT2D eigenvalue weighted by Crippen LogP contribution is 1.99. The third-order valence-electron chi connectivity index (χ3n) is 1.10. The van der Waals surface area contributed by atoms with E-state index in [1.807, 2.05) is 6.92 Å². The van der Waals surface area contributed by atoms with Crippen molar-refractivity contribution >= 4 is 5.94 Å². The van der Waals surface area contributed by atoms with Gasteiger partial charge in [0.05, 0.1) is 6.10 Å². The molecule has 2 heteroatoms. The van der Waals surface area contributed by atoms with Crippen molar-refractivity contribution in [2.45, 2.75) is 32.3 Å². The first-order valence-corrected chi connectivity index (χ1v) is 3.18. The molecule has 0 aliphatic heterocycles. The van der Waals surface area contributed by atoms with Crippen molar-refractivity contribution < 1.29 is 9.90 Å². The van der Waals surface area contributed by atoms with Crippen LogP contribution in [0.4, 0.5) is 0 Å². The normalized spacial score (nSPS) is 12.2. The molecule has 0 bridgehead atoms. The van der Waals surface area contributed by atoms with Crippen molar-refractivity contribution in [2.75, 3.05) is 0 Å². The van der Waals surface area contributed by atoms with E-state index in [0.717, 1.165) is 12.8 Å². The van der Waals surface area contributed by atoms with Crippen LogP contribution in [-0.2, 0) is 4.79 Å². The van der Waals surface area contributed by atoms with Gasteiger partial charge in [-0.15, -0.1) is 0 Å². The maximum absolute atomic E-state index is 9.62. The van der Waals surface area contributed by atoms with Gasteiger partial charge in [0.2, 0.25) is 0 Å². The van der Waals surface area contributed by atoms with Crippen molar-refractivity contribution in [1.82, 2.24) is 0 Å². The molecule has 0 aromatic carbocycles. The highest BCUT2D eigenvalue weighted by molar-refractivity contribution is 5.44. The van der Waals surface area contributed by atoms with E-state index in [1.54, 1.807) is 5.94 Å². The van der Waals surface area contributed by atoms with Crippen LogP contribution in [0, 0.1) is 0 Å². The van der Waals surface area contributed by atoms with Crippen molar-refractivity contribution in [3.63, 3.8) is 0 Å². The quantitative estimate of drug-likeness (QED) is 0.572. The topological polar surface area (TPSA) is 37.3 Å². The summed E-state index contributed by atoms with van der Waals surface area (Å²) in [6.45, 7) is 1.99. The molecular weight excluding hydrogens is 116 g/mol. The zero-order valence-electron chi connectivity index (χ0n) is 5.63. The first-order chi connectivity index (χ1) is 4.31. The van der Waals surface area contributed by atoms with E-state index in [4.69, 9.17) is 5.11 Å². The number of hydrogen-bond donors (Lipinski definition) is 1. The van der Waals surface area contributed by atoms with Crippen LogP contribution in [0.2, 0.25) is 0 Å². The molecule has 0 spiro atoms. The van der Waals surface area contributed by atoms with Gasteiger partial charge < -0.3 is 5.11 Å². The molecule has 0 aliphatic rings. The first-order valence-electron chi connectivity index (χ1n) is 3.18. The summed E-state index contributed by atoms with van der Waals surface area (Å²) in [5, 5.41) is 8.97. The molecular formula is C7H12O2. The van der Waals surface area contributed by atoms with Gasteiger partial charge in [0.15, 0.2) is 0 Å². The molecule has 0 aromatic rings. The monoisotopic (exact) mass is 128 g/mol. The van der Waals surface area contributed by atoms with Crippen LogP contribution in [0.3, 0.4) is 0 Å². The van der Waals surface area contributed by atoms with E-state index in [-0.39, 0.29) is 6.10 Å². The SMILES string of the molecule is CCCC(O)CC=C=O. The molecule has 1 unspecified atom stereocenters. The minimum atomic E-state index is -0.351. The first kappa shape index (κ1) is 8.41. The molecule has 1 N–H and O–H groups in total. The zero-order valence-corrected chi connectivity index (χ0v) is 5.63. The summed E-state index contributed by atoms with van der Waals surface area (Å²) in [4.78, 5) is 9.62. The number of rotatable bonds is 4. The molecule has 52 valence electrons. The molecule has 9 heavy (non-hydrogen) atoms. The highest BCUT2D eigenvalue weighted by Gasteiger charge is 1.97. The van der Waals surface area contributed by atoms with E-state index in [2.05, 4.69) is 0 Å². The largest absolute Gasteiger partial charge is 0.393 e. The van der Waals surface area contributed by atoms with E-state index >= 15 is 0 Å². The van der Waals surface area contributed by atoms with Crippen molar-refractivity contribution in [1.29, 1.82) is 0 Å². The van der Waals surface area contributed by atoms with Crippen LogP contribution < -0.4 is 0 Å². The van der Waals surface area contributed by atoms with Crippen molar-refractivity contribution in [3.8, 4) is 0 Å². The molecule has 0 amide bonds. The fraction of sp³-hybridized carbons (Fsp3) is 0.714. The van der Waals surface area contributed by atoms with E-state index in [9.17, 15) is 4.79 Å². The number of aliphatic hydroxyl groups is 1. The maximum atomic E-state index is 9.62. The van der Waals surface area contributed by atoms with Gasteiger partial charge >= 0.3 is 0 Å². The summed E-state index contributed by atoms with van der Waals surface area (Å²) >= 11 is 0. The molecule has 2 nitrogen and oxygen atoms in total. The van der Waals surface area contributed by atoms with Crippen LogP contribution in [0.1, 0.15) is 26.2 Å². The summed E-state index contributed by atoms with van der Waals surface area (Å²) in [5.41, 5.74) is 0. The fourth-order valence-corrected chi connectivity index (χ4v) is 0.635. The van der Waals surface area contributed by atoms with Gasteiger partial charge in [0.25, 0.3) is 0 Å². The predicted molar refractivity (Wildman–Crippen MR) is 35.8 cm³/mol. The molecule has 1 atom stereocenters. The second-order valence-electron chi connectivity index (χ2n) is 2.00. The van der Waals surface area contributed by atoms with Gasteiger partial charge in [-0.2, -0.15) is 0 Å². The molecule has 0 radical (unpaired) electrons. The number of hydrogen-bond acceptors (Lipinski definition) is 2. The highest BCUT2D eigenvalue weighted by atomic mass is 16.3. The Bertz CT molecular complexity index is 103. The van der Waals surface area contributed by atoms with E-state index in [0.29, 0.717) is 6.42 Å². The molecule has 0 saturated carbocycles. The van der Waals surface area contributed by atoms with Crippen molar-refractivity contribution in [3.05, 3.63) is 6.08 Å². The minimum Gasteiger partial charge on any atom is -0.393 e. The van der Waals surface area contributed by atoms with Gasteiger partial charge in [-0.25, -0.2) is 4.79 Å². The Morgan fingerprint density at radius 1 is 1.78 bits per heavy atom. The molecule has 0 aliphatic carbocycles. The predicted octanol–water partition coefficient (Wildman–Crippen LogP) is 0.925. The van der Waals surface area contributed by atoms with Crippen LogP contribution in [0.25, 0.3) is 0 Å². The van der Waals surface area contributed by atoms with Gasteiger partial charge in [-0.1, -0.05) is 13.3 Å². The number of aliphatic hydroxyl groups excluding tert-OH is 1. The summed E-state index contributed by atoms with van der Waals surface area (Å²) in [7, 11) is 0. The lowest BCUT2D eigenvalue weighted by Gasteiger charge is -2.02. The van der Waals surface area contributed by atoms with E-state index in [1.165, 1.54) is 6.08 Å². The molecule has 0 fully saturated rings. The minimum absolute atomic E-state index is 0.351. The smallest absolute Gasteiger partial charge is 0.120 e. The Labute approximate surface area is 55.2 Å². The van der Waals surface area contributed by atoms with E-state index < -0.39 is 0 Å². The fourth-order valence-electron chi connectivity index (χ4n) is 0.635. The van der Waals surface area contributed by atoms with Crippen LogP contribution in [-0.4, -0.2) is 17.2 Å². The van der Waals surface area contributed by atoms with Gasteiger partial charge in [-0.3, -0.25) is 0 Å². The number of carbonyl (C=O) groups excluding carboxylic acids is 1. The van der Waals surface area contributed by atoms with Gasteiger partial charge in [0, 0.05) is 12.5 Å². The van der Waals surface area contributed by atoms with Crippen LogP contribution in [0.5, 0.6) is 0 Å². The Balaban J connectivity index is 3.25. The Morgan fingerprint density at radius 2 is 2.44 bits per heavy atom. The summed E-state index contributed by atoms with van der Waals surface area (Å²) in [5.74, 6) is 1.62. The summed E-state index contributed by atoms with van der Waals surface area (Å²) in [6.07, 6.45) is 3.13. The molecule has 0 saturated heterocycles.